The third kappa shape index (κ3) is 1.43. The van der Waals surface area contributed by atoms with Crippen molar-refractivity contribution in [2.24, 2.45) is 0 Å². The lowest BCUT2D eigenvalue weighted by Gasteiger charge is -1.98. The Labute approximate surface area is 86.4 Å². The summed E-state index contributed by atoms with van der Waals surface area (Å²) in [4.78, 5) is 3.87. The zero-order valence-electron chi connectivity index (χ0n) is 7.88. The highest BCUT2D eigenvalue weighted by Crippen LogP contribution is 2.29. The molecule has 0 aliphatic carbocycles. The highest BCUT2D eigenvalue weighted by molar-refractivity contribution is 5.80. The molecule has 5 heteroatoms. The number of hydrogen-bond acceptors (Lipinski definition) is 4. The van der Waals surface area contributed by atoms with Gasteiger partial charge < -0.3 is 10.6 Å². The van der Waals surface area contributed by atoms with Crippen molar-refractivity contribution in [2.45, 2.75) is 0 Å². The fourth-order valence-corrected chi connectivity index (χ4v) is 1.50. The Hall–Kier alpha value is -2.30. The SMILES string of the molecule is C(=C1Nc2ccccc2N1)n1cncn1. The van der Waals surface area contributed by atoms with Crippen LogP contribution in [0.2, 0.25) is 0 Å². The number of nitrogens with zero attached hydrogens (tertiary/aromatic N) is 3. The van der Waals surface area contributed by atoms with Crippen LogP contribution in [-0.2, 0) is 0 Å². The van der Waals surface area contributed by atoms with Gasteiger partial charge in [-0.1, -0.05) is 12.1 Å². The Morgan fingerprint density at radius 2 is 1.87 bits per heavy atom. The fraction of sp³-hybridized carbons (Fsp3) is 0. The number of anilines is 2. The van der Waals surface area contributed by atoms with Gasteiger partial charge >= 0.3 is 0 Å². The normalized spacial score (nSPS) is 12.9. The molecular weight excluding hydrogens is 190 g/mol. The first kappa shape index (κ1) is 8.05. The average Bonchev–Trinajstić information content (AvgIpc) is 2.86. The maximum absolute atomic E-state index is 3.99. The van der Waals surface area contributed by atoms with E-state index in [1.807, 2.05) is 30.5 Å². The van der Waals surface area contributed by atoms with Gasteiger partial charge in [0.05, 0.1) is 17.6 Å². The zero-order valence-corrected chi connectivity index (χ0v) is 7.88. The second-order valence-electron chi connectivity index (χ2n) is 3.21. The van der Waals surface area contributed by atoms with E-state index in [9.17, 15) is 0 Å². The zero-order chi connectivity index (χ0) is 10.1. The molecule has 15 heavy (non-hydrogen) atoms. The van der Waals surface area contributed by atoms with Crippen LogP contribution in [0.3, 0.4) is 0 Å². The molecule has 1 aliphatic heterocycles. The van der Waals surface area contributed by atoms with Crippen LogP contribution >= 0.6 is 0 Å². The molecule has 5 nitrogen and oxygen atoms in total. The van der Waals surface area contributed by atoms with Gasteiger partial charge in [-0.2, -0.15) is 5.10 Å². The smallest absolute Gasteiger partial charge is 0.138 e. The van der Waals surface area contributed by atoms with E-state index < -0.39 is 0 Å². The first-order valence-electron chi connectivity index (χ1n) is 4.61. The first-order valence-corrected chi connectivity index (χ1v) is 4.61. The molecule has 74 valence electrons. The quantitative estimate of drug-likeness (QED) is 0.732. The highest BCUT2D eigenvalue weighted by Gasteiger charge is 2.12. The first-order chi connectivity index (χ1) is 7.42. The minimum Gasteiger partial charge on any atom is -0.339 e. The summed E-state index contributed by atoms with van der Waals surface area (Å²) >= 11 is 0. The van der Waals surface area contributed by atoms with E-state index >= 15 is 0 Å². The second kappa shape index (κ2) is 3.13. The summed E-state index contributed by atoms with van der Waals surface area (Å²) < 4.78 is 1.64. The number of fused-ring (bicyclic) bond motifs is 1. The third-order valence-electron chi connectivity index (χ3n) is 2.16. The number of aromatic nitrogens is 3. The van der Waals surface area contributed by atoms with Crippen LogP contribution in [0.5, 0.6) is 0 Å². The van der Waals surface area contributed by atoms with Gasteiger partial charge in [-0.25, -0.2) is 9.67 Å². The summed E-state index contributed by atoms with van der Waals surface area (Å²) in [5.41, 5.74) is 2.15. The van der Waals surface area contributed by atoms with Crippen LogP contribution in [0.15, 0.2) is 42.7 Å². The molecule has 0 unspecified atom stereocenters. The summed E-state index contributed by atoms with van der Waals surface area (Å²) in [5, 5.41) is 10.5. The lowest BCUT2D eigenvalue weighted by Crippen LogP contribution is -2.01. The minimum absolute atomic E-state index is 0.890. The van der Waals surface area contributed by atoms with Crippen molar-refractivity contribution in [3.05, 3.63) is 42.7 Å². The van der Waals surface area contributed by atoms with Gasteiger partial charge in [0.1, 0.15) is 18.5 Å². The molecule has 0 spiro atoms. The van der Waals surface area contributed by atoms with Gasteiger partial charge in [-0.3, -0.25) is 0 Å². The molecule has 0 radical (unpaired) electrons. The number of para-hydroxylation sites is 2. The summed E-state index contributed by atoms with van der Waals surface area (Å²) in [6, 6.07) is 8.02. The summed E-state index contributed by atoms with van der Waals surface area (Å²) in [6.07, 6.45) is 4.98. The molecule has 0 amide bonds. The maximum atomic E-state index is 3.99. The monoisotopic (exact) mass is 199 g/mol. The van der Waals surface area contributed by atoms with Crippen LogP contribution < -0.4 is 10.6 Å². The van der Waals surface area contributed by atoms with Crippen molar-refractivity contribution in [3.8, 4) is 0 Å². The van der Waals surface area contributed by atoms with Gasteiger partial charge in [0.2, 0.25) is 0 Å². The summed E-state index contributed by atoms with van der Waals surface area (Å²) in [6.45, 7) is 0. The minimum atomic E-state index is 0.890. The number of rotatable bonds is 1. The third-order valence-corrected chi connectivity index (χ3v) is 2.16. The van der Waals surface area contributed by atoms with Crippen molar-refractivity contribution in [2.75, 3.05) is 10.6 Å². The molecule has 0 atom stereocenters. The molecule has 2 N–H and O–H groups in total. The molecule has 0 bridgehead atoms. The Morgan fingerprint density at radius 3 is 2.47 bits per heavy atom. The molecule has 2 aromatic rings. The molecule has 2 heterocycles. The molecular formula is C10H9N5. The highest BCUT2D eigenvalue weighted by atomic mass is 15.3. The van der Waals surface area contributed by atoms with Gasteiger partial charge in [0, 0.05) is 0 Å². The van der Waals surface area contributed by atoms with E-state index in [-0.39, 0.29) is 0 Å². The molecule has 1 aliphatic rings. The Balaban J connectivity index is 1.90. The summed E-state index contributed by atoms with van der Waals surface area (Å²) in [5.74, 6) is 0.890. The molecule has 1 aromatic carbocycles. The maximum Gasteiger partial charge on any atom is 0.138 e. The van der Waals surface area contributed by atoms with E-state index in [4.69, 9.17) is 0 Å². The van der Waals surface area contributed by atoms with Crippen molar-refractivity contribution in [3.63, 3.8) is 0 Å². The van der Waals surface area contributed by atoms with Crippen molar-refractivity contribution < 1.29 is 0 Å². The van der Waals surface area contributed by atoms with Crippen LogP contribution in [0.1, 0.15) is 0 Å². The average molecular weight is 199 g/mol. The molecule has 3 rings (SSSR count). The molecule has 0 fully saturated rings. The number of nitrogens with one attached hydrogen (secondary N) is 2. The molecule has 0 saturated heterocycles. The number of benzene rings is 1. The summed E-state index contributed by atoms with van der Waals surface area (Å²) in [7, 11) is 0. The van der Waals surface area contributed by atoms with Crippen molar-refractivity contribution in [1.29, 1.82) is 0 Å². The fourth-order valence-electron chi connectivity index (χ4n) is 1.50. The van der Waals surface area contributed by atoms with Crippen molar-refractivity contribution in [1.82, 2.24) is 14.8 Å². The lowest BCUT2D eigenvalue weighted by atomic mass is 10.3. The van der Waals surface area contributed by atoms with Gasteiger partial charge in [0.25, 0.3) is 0 Å². The second-order valence-corrected chi connectivity index (χ2v) is 3.21. The largest absolute Gasteiger partial charge is 0.339 e. The standard InChI is InChI=1S/C10H9N5/c1-2-4-9-8(3-1)13-10(14-9)5-15-7-11-6-12-15/h1-7,13-14H. The van der Waals surface area contributed by atoms with Crippen LogP contribution in [-0.4, -0.2) is 14.8 Å². The Kier molecular flexibility index (Phi) is 1.68. The van der Waals surface area contributed by atoms with E-state index in [2.05, 4.69) is 20.7 Å². The Bertz CT molecular complexity index is 473. The molecule has 0 saturated carbocycles. The lowest BCUT2D eigenvalue weighted by molar-refractivity contribution is 0.928. The van der Waals surface area contributed by atoms with E-state index in [0.717, 1.165) is 17.2 Å². The van der Waals surface area contributed by atoms with Crippen molar-refractivity contribution >= 4 is 17.6 Å². The predicted molar refractivity (Wildman–Crippen MR) is 58.0 cm³/mol. The topological polar surface area (TPSA) is 54.8 Å². The van der Waals surface area contributed by atoms with Gasteiger partial charge in [0.15, 0.2) is 0 Å². The van der Waals surface area contributed by atoms with Crippen LogP contribution in [0, 0.1) is 0 Å². The Morgan fingerprint density at radius 1 is 1.13 bits per heavy atom. The van der Waals surface area contributed by atoms with E-state index in [1.54, 1.807) is 11.0 Å². The van der Waals surface area contributed by atoms with Gasteiger partial charge in [-0.15, -0.1) is 0 Å². The predicted octanol–water partition coefficient (Wildman–Crippen LogP) is 1.57. The van der Waals surface area contributed by atoms with E-state index in [1.165, 1.54) is 6.33 Å². The number of hydrogen-bond donors (Lipinski definition) is 2. The van der Waals surface area contributed by atoms with Gasteiger partial charge in [-0.05, 0) is 12.1 Å². The van der Waals surface area contributed by atoms with E-state index in [0.29, 0.717) is 0 Å². The van der Waals surface area contributed by atoms with Crippen LogP contribution in [0.25, 0.3) is 6.20 Å². The molecule has 1 aromatic heterocycles. The van der Waals surface area contributed by atoms with Crippen LogP contribution in [0.4, 0.5) is 11.4 Å².